The third-order valence-corrected chi connectivity index (χ3v) is 2.37. The van der Waals surface area contributed by atoms with Crippen LogP contribution in [0.2, 0.25) is 19.6 Å². The molecule has 0 bridgehead atoms. The molecule has 0 N–H and O–H groups in total. The molecule has 0 saturated carbocycles. The van der Waals surface area contributed by atoms with E-state index in [1.165, 1.54) is 0 Å². The predicted octanol–water partition coefficient (Wildman–Crippen LogP) is 2.00. The number of ether oxygens (including phenoxy) is 2. The van der Waals surface area contributed by atoms with Crippen molar-refractivity contribution >= 4 is 14.0 Å². The first-order valence-electron chi connectivity index (χ1n) is 5.23. The molecule has 16 heavy (non-hydrogen) atoms. The van der Waals surface area contributed by atoms with E-state index >= 15 is 0 Å². The van der Waals surface area contributed by atoms with Crippen LogP contribution in [0.5, 0.6) is 0 Å². The summed E-state index contributed by atoms with van der Waals surface area (Å²) in [7, 11) is -1.30. The highest BCUT2D eigenvalue weighted by Gasteiger charge is 2.06. The topological polar surface area (TPSA) is 35.5 Å². The molecule has 0 saturated heterocycles. The maximum absolute atomic E-state index is 11.0. The van der Waals surface area contributed by atoms with Gasteiger partial charge in [0.1, 0.15) is 21.3 Å². The third kappa shape index (κ3) is 9.50. The maximum Gasteiger partial charge on any atom is 0.333 e. The van der Waals surface area contributed by atoms with Crippen molar-refractivity contribution in [2.45, 2.75) is 26.6 Å². The Kier molecular flexibility index (Phi) is 6.78. The van der Waals surface area contributed by atoms with Gasteiger partial charge in [0.25, 0.3) is 0 Å². The summed E-state index contributed by atoms with van der Waals surface area (Å²) in [5.74, 6) is 2.59. The average Bonchev–Trinajstić information content (AvgIpc) is 2.14. The molecule has 0 aromatic carbocycles. The summed E-state index contributed by atoms with van der Waals surface area (Å²) in [6.07, 6.45) is 0. The van der Waals surface area contributed by atoms with E-state index < -0.39 is 8.07 Å². The summed E-state index contributed by atoms with van der Waals surface area (Å²) < 4.78 is 10.0. The predicted molar refractivity (Wildman–Crippen MR) is 67.7 cm³/mol. The minimum absolute atomic E-state index is 0.250. The van der Waals surface area contributed by atoms with Gasteiger partial charge in [0.2, 0.25) is 0 Å². The van der Waals surface area contributed by atoms with Crippen molar-refractivity contribution < 1.29 is 14.3 Å². The minimum Gasteiger partial charge on any atom is -0.460 e. The largest absolute Gasteiger partial charge is 0.460 e. The van der Waals surface area contributed by atoms with Crippen molar-refractivity contribution in [2.24, 2.45) is 0 Å². The molecule has 0 atom stereocenters. The second-order valence-electron chi connectivity index (χ2n) is 4.52. The number of carbonyl (C=O) groups is 1. The standard InChI is InChI=1S/C12H20O3Si/c1-11(2)12(13)15-9-8-14-7-6-10-16(3,4)5/h1,7-9H2,2-5H3. The summed E-state index contributed by atoms with van der Waals surface area (Å²) in [4.78, 5) is 11.0. The van der Waals surface area contributed by atoms with Crippen molar-refractivity contribution in [3.05, 3.63) is 12.2 Å². The molecular formula is C12H20O3Si. The van der Waals surface area contributed by atoms with Gasteiger partial charge in [0.15, 0.2) is 0 Å². The summed E-state index contributed by atoms with van der Waals surface area (Å²) in [5.41, 5.74) is 3.58. The molecule has 0 fully saturated rings. The van der Waals surface area contributed by atoms with Crippen LogP contribution in [0.3, 0.4) is 0 Å². The van der Waals surface area contributed by atoms with Gasteiger partial charge < -0.3 is 9.47 Å². The van der Waals surface area contributed by atoms with Gasteiger partial charge in [-0.15, -0.1) is 5.54 Å². The molecule has 3 nitrogen and oxygen atoms in total. The van der Waals surface area contributed by atoms with Gasteiger partial charge in [0.05, 0.1) is 6.61 Å². The minimum atomic E-state index is -1.30. The average molecular weight is 240 g/mol. The van der Waals surface area contributed by atoms with Gasteiger partial charge in [-0.1, -0.05) is 32.1 Å². The number of hydrogen-bond acceptors (Lipinski definition) is 3. The zero-order valence-corrected chi connectivity index (χ0v) is 11.6. The lowest BCUT2D eigenvalue weighted by Gasteiger charge is -2.05. The van der Waals surface area contributed by atoms with Crippen LogP contribution >= 0.6 is 0 Å². The fourth-order valence-electron chi connectivity index (χ4n) is 0.741. The molecule has 0 spiro atoms. The number of rotatable bonds is 5. The lowest BCUT2D eigenvalue weighted by Crippen LogP contribution is -2.17. The van der Waals surface area contributed by atoms with Gasteiger partial charge in [-0.2, -0.15) is 0 Å². The molecule has 0 aliphatic heterocycles. The highest BCUT2D eigenvalue weighted by molar-refractivity contribution is 6.83. The summed E-state index contributed by atoms with van der Waals surface area (Å²) in [6.45, 7) is 12.6. The Bertz CT molecular complexity index is 304. The van der Waals surface area contributed by atoms with E-state index in [9.17, 15) is 4.79 Å². The van der Waals surface area contributed by atoms with Crippen LogP contribution in [0, 0.1) is 11.5 Å². The first-order valence-corrected chi connectivity index (χ1v) is 8.73. The van der Waals surface area contributed by atoms with Gasteiger partial charge in [-0.05, 0) is 6.92 Å². The smallest absolute Gasteiger partial charge is 0.333 e. The first kappa shape index (κ1) is 14.9. The van der Waals surface area contributed by atoms with Gasteiger partial charge in [-0.3, -0.25) is 0 Å². The second kappa shape index (κ2) is 7.26. The Balaban J connectivity index is 3.51. The Morgan fingerprint density at radius 2 is 1.94 bits per heavy atom. The second-order valence-corrected chi connectivity index (χ2v) is 9.27. The fraction of sp³-hybridized carbons (Fsp3) is 0.583. The van der Waals surface area contributed by atoms with Crippen LogP contribution in [0.25, 0.3) is 0 Å². The number of carbonyl (C=O) groups excluding carboxylic acids is 1. The molecule has 90 valence electrons. The Labute approximate surface area is 98.8 Å². The van der Waals surface area contributed by atoms with E-state index in [1.54, 1.807) is 6.92 Å². The highest BCUT2D eigenvalue weighted by atomic mass is 28.3. The normalized spacial score (nSPS) is 10.2. The van der Waals surface area contributed by atoms with Gasteiger partial charge >= 0.3 is 5.97 Å². The van der Waals surface area contributed by atoms with Crippen LogP contribution in [0.15, 0.2) is 12.2 Å². The Hall–Kier alpha value is -1.05. The zero-order chi connectivity index (χ0) is 12.6. The van der Waals surface area contributed by atoms with Gasteiger partial charge in [0, 0.05) is 5.57 Å². The molecule has 0 rings (SSSR count). The van der Waals surface area contributed by atoms with E-state index in [1.807, 2.05) is 0 Å². The van der Waals surface area contributed by atoms with E-state index in [4.69, 9.17) is 9.47 Å². The summed E-state index contributed by atoms with van der Waals surface area (Å²) in [5, 5.41) is 0. The van der Waals surface area contributed by atoms with Crippen LogP contribution in [0.4, 0.5) is 0 Å². The third-order valence-electron chi connectivity index (χ3n) is 1.45. The van der Waals surface area contributed by atoms with Crippen LogP contribution in [-0.4, -0.2) is 33.9 Å². The number of hydrogen-bond donors (Lipinski definition) is 0. The molecule has 0 radical (unpaired) electrons. The Morgan fingerprint density at radius 3 is 2.44 bits per heavy atom. The van der Waals surface area contributed by atoms with E-state index in [2.05, 4.69) is 37.7 Å². The van der Waals surface area contributed by atoms with Crippen molar-refractivity contribution in [1.29, 1.82) is 0 Å². The van der Waals surface area contributed by atoms with Crippen molar-refractivity contribution in [2.75, 3.05) is 19.8 Å². The molecule has 0 aliphatic carbocycles. The Morgan fingerprint density at radius 1 is 1.31 bits per heavy atom. The van der Waals surface area contributed by atoms with Gasteiger partial charge in [-0.25, -0.2) is 4.79 Å². The number of esters is 1. The van der Waals surface area contributed by atoms with E-state index in [0.717, 1.165) is 0 Å². The highest BCUT2D eigenvalue weighted by Crippen LogP contribution is 1.96. The van der Waals surface area contributed by atoms with Crippen molar-refractivity contribution in [1.82, 2.24) is 0 Å². The van der Waals surface area contributed by atoms with Crippen LogP contribution in [0.1, 0.15) is 6.92 Å². The zero-order valence-electron chi connectivity index (χ0n) is 10.6. The quantitative estimate of drug-likeness (QED) is 0.242. The molecule has 0 amide bonds. The molecule has 0 aromatic heterocycles. The lowest BCUT2D eigenvalue weighted by atomic mass is 10.4. The van der Waals surface area contributed by atoms with Crippen molar-refractivity contribution in [3.8, 4) is 11.5 Å². The van der Waals surface area contributed by atoms with E-state index in [-0.39, 0.29) is 12.6 Å². The van der Waals surface area contributed by atoms with Crippen molar-refractivity contribution in [3.63, 3.8) is 0 Å². The molecular weight excluding hydrogens is 220 g/mol. The molecule has 0 aliphatic rings. The molecule has 4 heteroatoms. The van der Waals surface area contributed by atoms with E-state index in [0.29, 0.717) is 18.8 Å². The fourth-order valence-corrected chi connectivity index (χ4v) is 1.34. The summed E-state index contributed by atoms with van der Waals surface area (Å²) in [6, 6.07) is 0. The van der Waals surface area contributed by atoms with Crippen LogP contribution in [-0.2, 0) is 14.3 Å². The molecule has 0 aromatic rings. The first-order chi connectivity index (χ1) is 7.33. The molecule has 0 unspecified atom stereocenters. The maximum atomic E-state index is 11.0. The van der Waals surface area contributed by atoms with Crippen LogP contribution < -0.4 is 0 Å². The summed E-state index contributed by atoms with van der Waals surface area (Å²) >= 11 is 0. The lowest BCUT2D eigenvalue weighted by molar-refractivity contribution is -0.140. The SMILES string of the molecule is C=C(C)C(=O)OCCOCC#C[Si](C)(C)C. The monoisotopic (exact) mass is 240 g/mol. The molecule has 0 heterocycles.